The maximum Gasteiger partial charge on any atom is 0.141 e. The number of benzene rings is 3. The van der Waals surface area contributed by atoms with Crippen molar-refractivity contribution < 1.29 is 9.13 Å². The summed E-state index contributed by atoms with van der Waals surface area (Å²) in [6.07, 6.45) is 0.997. The fraction of sp³-hybridized carbons (Fsp3) is 0.200. The van der Waals surface area contributed by atoms with E-state index in [1.54, 1.807) is 13.2 Å². The largest absolute Gasteiger partial charge is 0.497 e. The number of methoxy groups -OCH3 is 1. The van der Waals surface area contributed by atoms with Crippen LogP contribution in [0.2, 0.25) is 0 Å². The van der Waals surface area contributed by atoms with Gasteiger partial charge in [-0.15, -0.1) is 11.3 Å². The minimum atomic E-state index is -0.148. The van der Waals surface area contributed by atoms with Crippen LogP contribution in [0.15, 0.2) is 72.1 Å². The zero-order chi connectivity index (χ0) is 20.8. The Kier molecular flexibility index (Phi) is 6.62. The van der Waals surface area contributed by atoms with Crippen molar-refractivity contribution >= 4 is 27.1 Å². The van der Waals surface area contributed by atoms with E-state index in [0.29, 0.717) is 0 Å². The predicted molar refractivity (Wildman–Crippen MR) is 125 cm³/mol. The average molecular weight is 421 g/mol. The van der Waals surface area contributed by atoms with Crippen LogP contribution in [0.3, 0.4) is 0 Å². The molecule has 0 saturated carbocycles. The van der Waals surface area contributed by atoms with Crippen LogP contribution in [0.1, 0.15) is 12.0 Å². The first-order valence-electron chi connectivity index (χ1n) is 10.1. The first-order valence-corrected chi connectivity index (χ1v) is 11.0. The Morgan fingerprint density at radius 2 is 1.63 bits per heavy atom. The predicted octanol–water partition coefficient (Wildman–Crippen LogP) is 6.31. The summed E-state index contributed by atoms with van der Waals surface area (Å²) < 4.78 is 19.7. The molecule has 154 valence electrons. The number of thiophene rings is 1. The van der Waals surface area contributed by atoms with Gasteiger partial charge < -0.3 is 15.4 Å². The molecule has 0 atom stereocenters. The lowest BCUT2D eigenvalue weighted by Gasteiger charge is -2.08. The SMILES string of the molecule is COc1ccc(-c2ccc(CNCCCNc3csc4c(F)cccc34)cc2)cc1. The van der Waals surface area contributed by atoms with Gasteiger partial charge in [-0.05, 0) is 47.9 Å². The molecule has 1 aromatic heterocycles. The van der Waals surface area contributed by atoms with Gasteiger partial charge in [0.1, 0.15) is 11.6 Å². The topological polar surface area (TPSA) is 33.3 Å². The van der Waals surface area contributed by atoms with Crippen molar-refractivity contribution in [3.05, 3.63) is 83.5 Å². The Morgan fingerprint density at radius 1 is 0.900 bits per heavy atom. The van der Waals surface area contributed by atoms with Crippen LogP contribution < -0.4 is 15.4 Å². The van der Waals surface area contributed by atoms with E-state index >= 15 is 0 Å². The molecule has 0 aliphatic heterocycles. The van der Waals surface area contributed by atoms with Crippen molar-refractivity contribution in [1.82, 2.24) is 5.32 Å². The van der Waals surface area contributed by atoms with Crippen molar-refractivity contribution in [2.45, 2.75) is 13.0 Å². The zero-order valence-corrected chi connectivity index (χ0v) is 17.8. The van der Waals surface area contributed by atoms with Crippen LogP contribution in [0.5, 0.6) is 5.75 Å². The summed E-state index contributed by atoms with van der Waals surface area (Å²) in [6.45, 7) is 2.62. The van der Waals surface area contributed by atoms with Gasteiger partial charge in [0.2, 0.25) is 0 Å². The van der Waals surface area contributed by atoms with Crippen LogP contribution in [0.25, 0.3) is 21.2 Å². The maximum absolute atomic E-state index is 13.8. The summed E-state index contributed by atoms with van der Waals surface area (Å²) in [4.78, 5) is 0. The summed E-state index contributed by atoms with van der Waals surface area (Å²) in [6, 6.07) is 22.0. The monoisotopic (exact) mass is 420 g/mol. The molecule has 4 rings (SSSR count). The van der Waals surface area contributed by atoms with Gasteiger partial charge in [0.25, 0.3) is 0 Å². The van der Waals surface area contributed by atoms with Gasteiger partial charge in [0, 0.05) is 23.9 Å². The smallest absolute Gasteiger partial charge is 0.141 e. The molecule has 3 aromatic carbocycles. The fourth-order valence-electron chi connectivity index (χ4n) is 3.43. The van der Waals surface area contributed by atoms with E-state index in [-0.39, 0.29) is 5.82 Å². The second kappa shape index (κ2) is 9.74. The van der Waals surface area contributed by atoms with Gasteiger partial charge in [-0.3, -0.25) is 0 Å². The molecule has 0 unspecified atom stereocenters. The van der Waals surface area contributed by atoms with Crippen LogP contribution in [0, 0.1) is 5.82 Å². The molecule has 0 amide bonds. The molecule has 0 aliphatic rings. The summed E-state index contributed by atoms with van der Waals surface area (Å²) in [5.41, 5.74) is 4.66. The summed E-state index contributed by atoms with van der Waals surface area (Å²) in [5, 5.41) is 9.87. The molecule has 4 aromatic rings. The number of anilines is 1. The van der Waals surface area contributed by atoms with Gasteiger partial charge in [-0.25, -0.2) is 4.39 Å². The van der Waals surface area contributed by atoms with Crippen LogP contribution >= 0.6 is 11.3 Å². The molecule has 0 spiro atoms. The maximum atomic E-state index is 13.8. The third-order valence-corrected chi connectivity index (χ3v) is 6.11. The molecule has 0 saturated heterocycles. The Bertz CT molecular complexity index is 1090. The van der Waals surface area contributed by atoms with Crippen molar-refractivity contribution in [2.24, 2.45) is 0 Å². The number of nitrogens with one attached hydrogen (secondary N) is 2. The zero-order valence-electron chi connectivity index (χ0n) is 17.0. The number of hydrogen-bond donors (Lipinski definition) is 2. The number of halogens is 1. The molecule has 0 fully saturated rings. The third-order valence-electron chi connectivity index (χ3n) is 5.10. The third kappa shape index (κ3) is 4.81. The van der Waals surface area contributed by atoms with Crippen LogP contribution in [0.4, 0.5) is 10.1 Å². The van der Waals surface area contributed by atoms with Crippen LogP contribution in [-0.4, -0.2) is 20.2 Å². The number of ether oxygens (including phenoxy) is 1. The Morgan fingerprint density at radius 3 is 2.37 bits per heavy atom. The Balaban J connectivity index is 1.20. The summed E-state index contributed by atoms with van der Waals surface area (Å²) in [7, 11) is 1.68. The highest BCUT2D eigenvalue weighted by Crippen LogP contribution is 2.31. The normalized spacial score (nSPS) is 11.0. The van der Waals surface area contributed by atoms with E-state index in [1.165, 1.54) is 34.1 Å². The number of hydrogen-bond acceptors (Lipinski definition) is 4. The lowest BCUT2D eigenvalue weighted by Crippen LogP contribution is -2.17. The summed E-state index contributed by atoms with van der Waals surface area (Å²) >= 11 is 1.45. The molecule has 5 heteroatoms. The van der Waals surface area contributed by atoms with Crippen LogP contribution in [-0.2, 0) is 6.54 Å². The first kappa shape index (κ1) is 20.4. The highest BCUT2D eigenvalue weighted by molar-refractivity contribution is 7.17. The van der Waals surface area contributed by atoms with Gasteiger partial charge in [-0.2, -0.15) is 0 Å². The minimum absolute atomic E-state index is 0.148. The van der Waals surface area contributed by atoms with Gasteiger partial charge in [0.05, 0.1) is 17.5 Å². The molecular weight excluding hydrogens is 395 g/mol. The Labute approximate surface area is 180 Å². The van der Waals surface area contributed by atoms with Gasteiger partial charge >= 0.3 is 0 Å². The van der Waals surface area contributed by atoms with Gasteiger partial charge in [-0.1, -0.05) is 48.5 Å². The second-order valence-electron chi connectivity index (χ2n) is 7.15. The average Bonchev–Trinajstić information content (AvgIpc) is 3.21. The molecule has 0 bridgehead atoms. The van der Waals surface area contributed by atoms with E-state index in [1.807, 2.05) is 23.6 Å². The minimum Gasteiger partial charge on any atom is -0.497 e. The highest BCUT2D eigenvalue weighted by atomic mass is 32.1. The number of rotatable bonds is 9. The van der Waals surface area contributed by atoms with E-state index in [9.17, 15) is 4.39 Å². The number of fused-ring (bicyclic) bond motifs is 1. The van der Waals surface area contributed by atoms with Crippen molar-refractivity contribution in [3.63, 3.8) is 0 Å². The fourth-order valence-corrected chi connectivity index (χ4v) is 4.36. The lowest BCUT2D eigenvalue weighted by molar-refractivity contribution is 0.415. The molecule has 2 N–H and O–H groups in total. The van der Waals surface area contributed by atoms with Gasteiger partial charge in [0.15, 0.2) is 0 Å². The van der Waals surface area contributed by atoms with Crippen molar-refractivity contribution in [1.29, 1.82) is 0 Å². The van der Waals surface area contributed by atoms with E-state index < -0.39 is 0 Å². The molecule has 30 heavy (non-hydrogen) atoms. The van der Waals surface area contributed by atoms with E-state index in [2.05, 4.69) is 47.0 Å². The lowest BCUT2D eigenvalue weighted by atomic mass is 10.0. The molecular formula is C25H25FN2OS. The van der Waals surface area contributed by atoms with Crippen molar-refractivity contribution in [3.8, 4) is 16.9 Å². The quantitative estimate of drug-likeness (QED) is 0.311. The molecule has 0 radical (unpaired) electrons. The molecule has 3 nitrogen and oxygen atoms in total. The standard InChI is InChI=1S/C25H25FN2OS/c1-29-21-12-10-20(11-13-21)19-8-6-18(7-9-19)16-27-14-3-15-28-24-17-30-25-22(24)4-2-5-23(25)26/h2,4-13,17,27-28H,3,14-16H2,1H3. The molecule has 0 aliphatic carbocycles. The molecule has 1 heterocycles. The Hall–Kier alpha value is -2.89. The van der Waals surface area contributed by atoms with E-state index in [0.717, 1.165) is 47.6 Å². The highest BCUT2D eigenvalue weighted by Gasteiger charge is 2.07. The summed E-state index contributed by atoms with van der Waals surface area (Å²) in [5.74, 6) is 0.721. The van der Waals surface area contributed by atoms with Crippen molar-refractivity contribution in [2.75, 3.05) is 25.5 Å². The second-order valence-corrected chi connectivity index (χ2v) is 8.03. The first-order chi connectivity index (χ1) is 14.7. The van der Waals surface area contributed by atoms with E-state index in [4.69, 9.17) is 4.74 Å².